The minimum atomic E-state index is -4.49. The Balaban J connectivity index is 1.99. The van der Waals surface area contributed by atoms with Gasteiger partial charge in [-0.05, 0) is 18.2 Å². The molecule has 3 aromatic rings. The van der Waals surface area contributed by atoms with Gasteiger partial charge in [-0.15, -0.1) is 0 Å². The Morgan fingerprint density at radius 1 is 1.04 bits per heavy atom. The minimum Gasteiger partial charge on any atom is -0.303 e. The Hall–Kier alpha value is -2.18. The van der Waals surface area contributed by atoms with Crippen LogP contribution in [0.4, 0.5) is 0 Å². The van der Waals surface area contributed by atoms with Gasteiger partial charge in [-0.1, -0.05) is 24.3 Å². The number of hydrogen-bond acceptors (Lipinski definition) is 5. The molecule has 0 fully saturated rings. The molecule has 0 amide bonds. The molecule has 23 heavy (non-hydrogen) atoms. The average molecular weight is 331 g/mol. The van der Waals surface area contributed by atoms with Crippen molar-refractivity contribution in [2.24, 2.45) is 0 Å². The van der Waals surface area contributed by atoms with Crippen molar-refractivity contribution in [2.75, 3.05) is 6.61 Å². The van der Waals surface area contributed by atoms with Gasteiger partial charge in [0.05, 0.1) is 17.8 Å². The highest BCUT2D eigenvalue weighted by Gasteiger charge is 2.15. The molecule has 2 N–H and O–H groups in total. The van der Waals surface area contributed by atoms with Crippen LogP contribution in [0.5, 0.6) is 0 Å². The molecule has 0 unspecified atom stereocenters. The molecule has 118 valence electrons. The number of para-hydroxylation sites is 1. The molecule has 0 bridgehead atoms. The molecule has 1 aromatic carbocycles. The van der Waals surface area contributed by atoms with E-state index in [0.717, 1.165) is 10.9 Å². The van der Waals surface area contributed by atoms with Gasteiger partial charge in [0.25, 0.3) is 0 Å². The lowest BCUT2D eigenvalue weighted by Crippen LogP contribution is -2.03. The predicted molar refractivity (Wildman–Crippen MR) is 84.5 cm³/mol. The van der Waals surface area contributed by atoms with Crippen LogP contribution in [-0.4, -0.2) is 31.3 Å². The van der Waals surface area contributed by atoms with E-state index in [0.29, 0.717) is 17.2 Å². The van der Waals surface area contributed by atoms with E-state index in [4.69, 9.17) is 9.79 Å². The summed E-state index contributed by atoms with van der Waals surface area (Å²) >= 11 is 0. The summed E-state index contributed by atoms with van der Waals surface area (Å²) in [6, 6.07) is 12.9. The quantitative estimate of drug-likeness (QED) is 0.691. The van der Waals surface area contributed by atoms with Gasteiger partial charge in [0, 0.05) is 18.0 Å². The molecule has 0 saturated heterocycles. The van der Waals surface area contributed by atoms with Gasteiger partial charge < -0.3 is 9.79 Å². The van der Waals surface area contributed by atoms with Crippen molar-refractivity contribution in [3.8, 4) is 11.5 Å². The molecule has 2 heterocycles. The van der Waals surface area contributed by atoms with Crippen molar-refractivity contribution in [2.45, 2.75) is 6.42 Å². The first kappa shape index (κ1) is 15.7. The van der Waals surface area contributed by atoms with Crippen LogP contribution >= 0.6 is 7.82 Å². The van der Waals surface area contributed by atoms with Crippen molar-refractivity contribution in [1.29, 1.82) is 0 Å². The van der Waals surface area contributed by atoms with E-state index < -0.39 is 7.82 Å². The van der Waals surface area contributed by atoms with Gasteiger partial charge in [0.2, 0.25) is 0 Å². The van der Waals surface area contributed by atoms with Gasteiger partial charge in [-0.25, -0.2) is 14.5 Å². The Kier molecular flexibility index (Phi) is 4.45. The van der Waals surface area contributed by atoms with Gasteiger partial charge in [0.15, 0.2) is 5.82 Å². The van der Waals surface area contributed by atoms with Crippen molar-refractivity contribution in [3.05, 3.63) is 54.4 Å². The molecule has 0 aliphatic carbocycles. The highest BCUT2D eigenvalue weighted by atomic mass is 31.2. The zero-order chi connectivity index (χ0) is 16.3. The van der Waals surface area contributed by atoms with E-state index >= 15 is 0 Å². The lowest BCUT2D eigenvalue weighted by molar-refractivity contribution is 0.199. The normalized spacial score (nSPS) is 11.7. The summed E-state index contributed by atoms with van der Waals surface area (Å²) in [5, 5.41) is 0.821. The molecule has 0 aliphatic heterocycles. The van der Waals surface area contributed by atoms with Crippen LogP contribution < -0.4 is 0 Å². The Morgan fingerprint density at radius 3 is 2.57 bits per heavy atom. The number of pyridine rings is 1. The second kappa shape index (κ2) is 6.52. The molecule has 0 radical (unpaired) electrons. The smallest absolute Gasteiger partial charge is 0.303 e. The molecule has 0 spiro atoms. The third-order valence-corrected chi connectivity index (χ3v) is 3.69. The monoisotopic (exact) mass is 331 g/mol. The minimum absolute atomic E-state index is 0.132. The average Bonchev–Trinajstić information content (AvgIpc) is 2.54. The highest BCUT2D eigenvalue weighted by Crippen LogP contribution is 2.35. The van der Waals surface area contributed by atoms with Gasteiger partial charge in [-0.3, -0.25) is 9.51 Å². The summed E-state index contributed by atoms with van der Waals surface area (Å²) in [5.74, 6) is 0.468. The fourth-order valence-corrected chi connectivity index (χ4v) is 2.53. The zero-order valence-corrected chi connectivity index (χ0v) is 12.9. The lowest BCUT2D eigenvalue weighted by atomic mass is 10.1. The third kappa shape index (κ3) is 3.97. The van der Waals surface area contributed by atoms with Crippen LogP contribution in [0, 0.1) is 0 Å². The van der Waals surface area contributed by atoms with Gasteiger partial charge >= 0.3 is 7.82 Å². The van der Waals surface area contributed by atoms with Crippen molar-refractivity contribution < 1.29 is 18.9 Å². The number of aromatic nitrogens is 3. The first-order valence-electron chi connectivity index (χ1n) is 6.90. The number of fused-ring (bicyclic) bond motifs is 1. The van der Waals surface area contributed by atoms with Crippen LogP contribution in [0.25, 0.3) is 22.4 Å². The number of phosphoric ester groups is 1. The van der Waals surface area contributed by atoms with Gasteiger partial charge in [-0.2, -0.15) is 0 Å². The molecule has 7 nitrogen and oxygen atoms in total. The SMILES string of the molecule is O=P(O)(O)OCCc1nc(-c2ccccn2)nc2ccccc12. The van der Waals surface area contributed by atoms with Crippen LogP contribution in [0.3, 0.4) is 0 Å². The van der Waals surface area contributed by atoms with E-state index in [1.807, 2.05) is 30.3 Å². The first-order chi connectivity index (χ1) is 11.0. The van der Waals surface area contributed by atoms with Gasteiger partial charge in [0.1, 0.15) is 5.69 Å². The first-order valence-corrected chi connectivity index (χ1v) is 8.43. The van der Waals surface area contributed by atoms with Crippen LogP contribution in [0.1, 0.15) is 5.69 Å². The summed E-state index contributed by atoms with van der Waals surface area (Å²) < 4.78 is 15.3. The van der Waals surface area contributed by atoms with Crippen LogP contribution in [0.15, 0.2) is 48.7 Å². The third-order valence-electron chi connectivity index (χ3n) is 3.17. The molecule has 0 atom stereocenters. The molecule has 3 rings (SSSR count). The number of nitrogens with zero attached hydrogens (tertiary/aromatic N) is 3. The summed E-state index contributed by atoms with van der Waals surface area (Å²) in [7, 11) is -4.49. The van der Waals surface area contributed by atoms with E-state index in [1.54, 1.807) is 18.3 Å². The number of hydrogen-bond donors (Lipinski definition) is 2. The Morgan fingerprint density at radius 2 is 1.83 bits per heavy atom. The zero-order valence-electron chi connectivity index (χ0n) is 12.0. The Labute approximate surface area is 132 Å². The molecule has 0 aliphatic rings. The van der Waals surface area contributed by atoms with E-state index in [9.17, 15) is 4.57 Å². The second-order valence-electron chi connectivity index (χ2n) is 4.80. The molecular formula is C15H14N3O4P. The van der Waals surface area contributed by atoms with Crippen molar-refractivity contribution >= 4 is 18.7 Å². The summed E-state index contributed by atoms with van der Waals surface area (Å²) in [6.07, 6.45) is 1.92. The highest BCUT2D eigenvalue weighted by molar-refractivity contribution is 7.46. The maximum absolute atomic E-state index is 10.8. The fourth-order valence-electron chi connectivity index (χ4n) is 2.20. The molecular weight excluding hydrogens is 317 g/mol. The van der Waals surface area contributed by atoms with E-state index in [-0.39, 0.29) is 13.0 Å². The molecule has 0 saturated carbocycles. The lowest BCUT2D eigenvalue weighted by Gasteiger charge is -2.09. The topological polar surface area (TPSA) is 105 Å². The Bertz CT molecular complexity index is 867. The fraction of sp³-hybridized carbons (Fsp3) is 0.133. The summed E-state index contributed by atoms with van der Waals surface area (Å²) in [4.78, 5) is 30.8. The summed E-state index contributed by atoms with van der Waals surface area (Å²) in [6.45, 7) is -0.132. The number of benzene rings is 1. The van der Waals surface area contributed by atoms with E-state index in [2.05, 4.69) is 19.5 Å². The van der Waals surface area contributed by atoms with Crippen molar-refractivity contribution in [3.63, 3.8) is 0 Å². The maximum Gasteiger partial charge on any atom is 0.469 e. The number of rotatable bonds is 5. The molecule has 8 heteroatoms. The standard InChI is InChI=1S/C15H14N3O4P/c19-23(20,21)22-10-8-13-11-5-1-2-6-12(11)17-15(18-13)14-7-3-4-9-16-14/h1-7,9H,8,10H2,(H2,19,20,21). The predicted octanol–water partition coefficient (Wildman–Crippen LogP) is 2.34. The van der Waals surface area contributed by atoms with Crippen LogP contribution in [0.2, 0.25) is 0 Å². The summed E-state index contributed by atoms with van der Waals surface area (Å²) in [5.41, 5.74) is 2.04. The maximum atomic E-state index is 10.8. The number of phosphoric acid groups is 1. The molecule has 2 aromatic heterocycles. The van der Waals surface area contributed by atoms with E-state index in [1.165, 1.54) is 0 Å². The van der Waals surface area contributed by atoms with Crippen molar-refractivity contribution in [1.82, 2.24) is 15.0 Å². The second-order valence-corrected chi connectivity index (χ2v) is 6.04. The van der Waals surface area contributed by atoms with Crippen LogP contribution in [-0.2, 0) is 15.5 Å². The largest absolute Gasteiger partial charge is 0.469 e.